The molecule has 1 saturated heterocycles. The van der Waals surface area contributed by atoms with Gasteiger partial charge < -0.3 is 4.90 Å². The van der Waals surface area contributed by atoms with Crippen molar-refractivity contribution < 1.29 is 9.59 Å². The zero-order valence-electron chi connectivity index (χ0n) is 19.8. The number of benzene rings is 3. The maximum atomic E-state index is 13.4. The zero-order valence-corrected chi connectivity index (χ0v) is 20.6. The van der Waals surface area contributed by atoms with Gasteiger partial charge in [-0.2, -0.15) is 5.26 Å². The van der Waals surface area contributed by atoms with Crippen molar-refractivity contribution in [3.8, 4) is 17.2 Å². The largest absolute Gasteiger partial charge is 0.345 e. The van der Waals surface area contributed by atoms with Crippen LogP contribution in [-0.4, -0.2) is 41.3 Å². The summed E-state index contributed by atoms with van der Waals surface area (Å²) < 4.78 is 0. The van der Waals surface area contributed by atoms with Crippen LogP contribution in [0.4, 0.5) is 5.13 Å². The minimum atomic E-state index is -0.704. The van der Waals surface area contributed by atoms with Gasteiger partial charge in [0.1, 0.15) is 5.54 Å². The number of aromatic nitrogens is 1. The maximum Gasteiger partial charge on any atom is 0.257 e. The summed E-state index contributed by atoms with van der Waals surface area (Å²) in [7, 11) is 3.48. The average Bonchev–Trinajstić information content (AvgIpc) is 3.27. The molecule has 3 aromatic carbocycles. The number of nitriles is 1. The van der Waals surface area contributed by atoms with Gasteiger partial charge in [-0.1, -0.05) is 42.5 Å². The Balaban J connectivity index is 1.38. The Labute approximate surface area is 213 Å². The minimum Gasteiger partial charge on any atom is -0.345 e. The van der Waals surface area contributed by atoms with E-state index >= 15 is 0 Å². The van der Waals surface area contributed by atoms with Crippen molar-refractivity contribution in [1.82, 2.24) is 9.88 Å². The van der Waals surface area contributed by atoms with Gasteiger partial charge in [-0.3, -0.25) is 14.5 Å². The SMILES string of the molecule is CN(C)C(=O)c1ccc(-c2ccc([C@H]3c4cc(C#N)ccc4C[C@@]34C(=O)N4c3nccs3)cc2)cc1. The van der Waals surface area contributed by atoms with Crippen LogP contribution in [0, 0.1) is 11.3 Å². The number of rotatable bonds is 4. The third-order valence-electron chi connectivity index (χ3n) is 7.17. The topological polar surface area (TPSA) is 77.1 Å². The lowest BCUT2D eigenvalue weighted by molar-refractivity contribution is -0.111. The molecule has 0 radical (unpaired) electrons. The Morgan fingerprint density at radius 3 is 2.39 bits per heavy atom. The highest BCUT2D eigenvalue weighted by molar-refractivity contribution is 7.14. The second-order valence-electron chi connectivity index (χ2n) is 9.41. The van der Waals surface area contributed by atoms with Crippen LogP contribution in [0.1, 0.15) is 38.5 Å². The monoisotopic (exact) mass is 490 g/mol. The molecule has 6 nitrogen and oxygen atoms in total. The van der Waals surface area contributed by atoms with Crippen LogP contribution in [0.3, 0.4) is 0 Å². The van der Waals surface area contributed by atoms with Gasteiger partial charge in [-0.15, -0.1) is 11.3 Å². The summed E-state index contributed by atoms with van der Waals surface area (Å²) in [5.41, 5.74) is 5.72. The summed E-state index contributed by atoms with van der Waals surface area (Å²) in [5.74, 6) is -0.147. The number of thiazole rings is 1. The molecule has 2 atom stereocenters. The first kappa shape index (κ1) is 22.2. The summed E-state index contributed by atoms with van der Waals surface area (Å²) in [6, 6.07) is 23.8. The number of nitrogens with zero attached hydrogens (tertiary/aromatic N) is 4. The highest BCUT2D eigenvalue weighted by atomic mass is 32.1. The summed E-state index contributed by atoms with van der Waals surface area (Å²) in [4.78, 5) is 33.4. The van der Waals surface area contributed by atoms with E-state index in [1.165, 1.54) is 11.3 Å². The van der Waals surface area contributed by atoms with Crippen LogP contribution in [0.2, 0.25) is 0 Å². The number of carbonyl (C=O) groups excluding carboxylic acids is 2. The molecule has 1 aliphatic heterocycles. The molecule has 0 bridgehead atoms. The quantitative estimate of drug-likeness (QED) is 0.383. The molecule has 7 heteroatoms. The van der Waals surface area contributed by atoms with Gasteiger partial charge in [-0.05, 0) is 52.1 Å². The van der Waals surface area contributed by atoms with E-state index in [0.717, 1.165) is 27.8 Å². The lowest BCUT2D eigenvalue weighted by atomic mass is 9.84. The number of hydrogen-bond acceptors (Lipinski definition) is 5. The number of anilines is 1. The van der Waals surface area contributed by atoms with Crippen molar-refractivity contribution in [3.05, 3.63) is 106 Å². The van der Waals surface area contributed by atoms with Crippen molar-refractivity contribution >= 4 is 28.3 Å². The van der Waals surface area contributed by atoms with Crippen molar-refractivity contribution in [2.45, 2.75) is 17.9 Å². The predicted octanol–water partition coefficient (Wildman–Crippen LogP) is 4.86. The number of hydrogen-bond donors (Lipinski definition) is 0. The fourth-order valence-corrected chi connectivity index (χ4v) is 6.11. The fourth-order valence-electron chi connectivity index (χ4n) is 5.39. The van der Waals surface area contributed by atoms with Crippen molar-refractivity contribution in [3.63, 3.8) is 0 Å². The average molecular weight is 491 g/mol. The van der Waals surface area contributed by atoms with E-state index in [2.05, 4.69) is 35.3 Å². The highest BCUT2D eigenvalue weighted by Gasteiger charge is 2.71. The highest BCUT2D eigenvalue weighted by Crippen LogP contribution is 2.59. The van der Waals surface area contributed by atoms with Gasteiger partial charge in [0, 0.05) is 43.6 Å². The molecule has 6 rings (SSSR count). The van der Waals surface area contributed by atoms with Gasteiger partial charge in [-0.25, -0.2) is 4.98 Å². The molecule has 2 amide bonds. The molecule has 1 spiro atoms. The molecule has 0 saturated carbocycles. The van der Waals surface area contributed by atoms with Crippen LogP contribution in [0.5, 0.6) is 0 Å². The second kappa shape index (κ2) is 8.14. The van der Waals surface area contributed by atoms with Gasteiger partial charge in [0.2, 0.25) is 0 Å². The molecular formula is C29H22N4O2S. The maximum absolute atomic E-state index is 13.4. The molecule has 1 aromatic heterocycles. The second-order valence-corrected chi connectivity index (χ2v) is 10.3. The smallest absolute Gasteiger partial charge is 0.257 e. The Bertz CT molecular complexity index is 1540. The van der Waals surface area contributed by atoms with Crippen LogP contribution >= 0.6 is 11.3 Å². The third-order valence-corrected chi connectivity index (χ3v) is 7.93. The standard InChI is InChI=1S/C29H22N4O2S/c1-32(2)26(34)22-11-7-20(8-12-22)19-5-9-21(10-6-19)25-24-15-18(17-30)3-4-23(24)16-29(25)27(35)33(29)28-31-13-14-36-28/h3-15,25H,16H2,1-2H3/t25-,29-,33?/m0/s1. The predicted molar refractivity (Wildman–Crippen MR) is 139 cm³/mol. The molecule has 2 aliphatic rings. The number of amides is 2. The molecule has 176 valence electrons. The van der Waals surface area contributed by atoms with E-state index in [1.54, 1.807) is 25.2 Å². The molecule has 2 heterocycles. The van der Waals surface area contributed by atoms with E-state index in [-0.39, 0.29) is 17.7 Å². The lowest BCUT2D eigenvalue weighted by Crippen LogP contribution is -2.25. The van der Waals surface area contributed by atoms with Crippen molar-refractivity contribution in [2.75, 3.05) is 19.0 Å². The molecule has 0 N–H and O–H groups in total. The first-order chi connectivity index (χ1) is 17.4. The Hall–Kier alpha value is -4.28. The molecule has 1 fully saturated rings. The Morgan fingerprint density at radius 1 is 1.08 bits per heavy atom. The molecule has 0 unspecified atom stereocenters. The third kappa shape index (κ3) is 3.26. The van der Waals surface area contributed by atoms with Gasteiger partial charge in [0.15, 0.2) is 5.13 Å². The van der Waals surface area contributed by atoms with Crippen LogP contribution in [-0.2, 0) is 11.2 Å². The number of carbonyl (C=O) groups is 2. The summed E-state index contributed by atoms with van der Waals surface area (Å²) in [6.07, 6.45) is 2.32. The first-order valence-electron chi connectivity index (χ1n) is 11.6. The van der Waals surface area contributed by atoms with E-state index in [0.29, 0.717) is 22.7 Å². The van der Waals surface area contributed by atoms with E-state index < -0.39 is 5.54 Å². The molecular weight excluding hydrogens is 468 g/mol. The Morgan fingerprint density at radius 2 is 1.78 bits per heavy atom. The van der Waals surface area contributed by atoms with Crippen molar-refractivity contribution in [2.24, 2.45) is 0 Å². The normalized spacial score (nSPS) is 19.8. The van der Waals surface area contributed by atoms with Gasteiger partial charge in [0.05, 0.1) is 11.6 Å². The lowest BCUT2D eigenvalue weighted by Gasteiger charge is -2.20. The van der Waals surface area contributed by atoms with E-state index in [9.17, 15) is 14.9 Å². The number of fused-ring (bicyclic) bond motifs is 1. The molecule has 36 heavy (non-hydrogen) atoms. The molecule has 4 aromatic rings. The summed E-state index contributed by atoms with van der Waals surface area (Å²) >= 11 is 1.46. The van der Waals surface area contributed by atoms with E-state index in [1.807, 2.05) is 52.7 Å². The minimum absolute atomic E-state index is 0.0299. The Kier molecular flexibility index (Phi) is 5.02. The van der Waals surface area contributed by atoms with Crippen LogP contribution < -0.4 is 4.90 Å². The van der Waals surface area contributed by atoms with Crippen molar-refractivity contribution in [1.29, 1.82) is 5.26 Å². The summed E-state index contributed by atoms with van der Waals surface area (Å²) in [5, 5.41) is 12.1. The molecule has 1 aliphatic carbocycles. The van der Waals surface area contributed by atoms with E-state index in [4.69, 9.17) is 0 Å². The fraction of sp³-hybridized carbons (Fsp3) is 0.172. The van der Waals surface area contributed by atoms with Gasteiger partial charge in [0.25, 0.3) is 11.8 Å². The first-order valence-corrected chi connectivity index (χ1v) is 12.5. The van der Waals surface area contributed by atoms with Crippen LogP contribution in [0.15, 0.2) is 78.3 Å². The zero-order chi connectivity index (χ0) is 25.0. The van der Waals surface area contributed by atoms with Gasteiger partial charge >= 0.3 is 0 Å². The van der Waals surface area contributed by atoms with Crippen LogP contribution in [0.25, 0.3) is 11.1 Å². The summed E-state index contributed by atoms with van der Waals surface area (Å²) in [6.45, 7) is 0.